The van der Waals surface area contributed by atoms with Crippen LogP contribution in [0.2, 0.25) is 0 Å². The predicted molar refractivity (Wildman–Crippen MR) is 101 cm³/mol. The van der Waals surface area contributed by atoms with Crippen LogP contribution in [0.15, 0.2) is 64.8 Å². The van der Waals surface area contributed by atoms with E-state index in [2.05, 4.69) is 31.5 Å². The molecule has 2 N–H and O–H groups in total. The number of oxime groups is 1. The largest absolute Gasteiger partial charge is 0.450 e. The maximum Gasteiger partial charge on any atom is 0.178 e. The summed E-state index contributed by atoms with van der Waals surface area (Å²) in [5, 5.41) is 16.9. The van der Waals surface area contributed by atoms with Crippen LogP contribution in [0.5, 0.6) is 0 Å². The summed E-state index contributed by atoms with van der Waals surface area (Å²) in [5.74, 6) is 0.615. The lowest BCUT2D eigenvalue weighted by Crippen LogP contribution is -1.96. The summed E-state index contributed by atoms with van der Waals surface area (Å²) < 4.78 is 6.00. The summed E-state index contributed by atoms with van der Waals surface area (Å²) in [6, 6.07) is 7.93. The van der Waals surface area contributed by atoms with Crippen LogP contribution >= 0.6 is 0 Å². The van der Waals surface area contributed by atoms with Crippen LogP contribution in [0, 0.1) is 0 Å². The van der Waals surface area contributed by atoms with Crippen molar-refractivity contribution >= 4 is 28.1 Å². The standard InChI is InChI=1S/C20H15N5O2/c26-25-16-4-1-12-9-13(2-3-14(12)16)24-19-15-5-6-21-11-18(15)27-20(19)17-10-22-7-8-23-17/h2-3,5-11,24,26H,1,4H2/b25-16+. The Bertz CT molecular complexity index is 1170. The van der Waals surface area contributed by atoms with Gasteiger partial charge in [0.15, 0.2) is 11.3 Å². The number of furan rings is 1. The van der Waals surface area contributed by atoms with Gasteiger partial charge in [-0.25, -0.2) is 4.98 Å². The van der Waals surface area contributed by atoms with E-state index in [1.807, 2.05) is 18.2 Å². The van der Waals surface area contributed by atoms with Gasteiger partial charge in [-0.1, -0.05) is 11.2 Å². The van der Waals surface area contributed by atoms with E-state index in [0.717, 1.165) is 46.4 Å². The van der Waals surface area contributed by atoms with E-state index in [1.165, 1.54) is 0 Å². The summed E-state index contributed by atoms with van der Waals surface area (Å²) in [5.41, 5.74) is 5.96. The molecule has 5 rings (SSSR count). The van der Waals surface area contributed by atoms with Crippen molar-refractivity contribution in [2.24, 2.45) is 5.16 Å². The van der Waals surface area contributed by atoms with E-state index >= 15 is 0 Å². The van der Waals surface area contributed by atoms with Crippen molar-refractivity contribution < 1.29 is 9.62 Å². The summed E-state index contributed by atoms with van der Waals surface area (Å²) >= 11 is 0. The first kappa shape index (κ1) is 15.5. The Hall–Kier alpha value is -3.74. The fourth-order valence-corrected chi connectivity index (χ4v) is 3.47. The van der Waals surface area contributed by atoms with Gasteiger partial charge in [-0.15, -0.1) is 0 Å². The van der Waals surface area contributed by atoms with E-state index in [-0.39, 0.29) is 0 Å². The summed E-state index contributed by atoms with van der Waals surface area (Å²) in [7, 11) is 0. The molecule has 7 heteroatoms. The minimum Gasteiger partial charge on any atom is -0.450 e. The molecule has 0 saturated carbocycles. The molecule has 4 aromatic rings. The van der Waals surface area contributed by atoms with Crippen molar-refractivity contribution in [3.8, 4) is 11.5 Å². The number of hydrogen-bond acceptors (Lipinski definition) is 7. The Balaban J connectivity index is 1.61. The van der Waals surface area contributed by atoms with Crippen molar-refractivity contribution in [1.29, 1.82) is 0 Å². The molecular weight excluding hydrogens is 342 g/mol. The zero-order chi connectivity index (χ0) is 18.2. The second-order valence-electron chi connectivity index (χ2n) is 6.31. The molecule has 0 unspecified atom stereocenters. The smallest absolute Gasteiger partial charge is 0.178 e. The molecular formula is C20H15N5O2. The number of anilines is 2. The highest BCUT2D eigenvalue weighted by Crippen LogP contribution is 2.39. The van der Waals surface area contributed by atoms with E-state index in [1.54, 1.807) is 31.0 Å². The van der Waals surface area contributed by atoms with Gasteiger partial charge in [-0.3, -0.25) is 9.97 Å². The molecule has 0 aliphatic heterocycles. The number of fused-ring (bicyclic) bond motifs is 2. The average molecular weight is 357 g/mol. The third kappa shape index (κ3) is 2.60. The van der Waals surface area contributed by atoms with E-state index < -0.39 is 0 Å². The molecule has 0 spiro atoms. The highest BCUT2D eigenvalue weighted by atomic mass is 16.4. The number of nitrogens with one attached hydrogen (secondary N) is 1. The van der Waals surface area contributed by atoms with Gasteiger partial charge >= 0.3 is 0 Å². The quantitative estimate of drug-likeness (QED) is 0.422. The number of aromatic nitrogens is 3. The summed E-state index contributed by atoms with van der Waals surface area (Å²) in [4.78, 5) is 12.6. The number of pyridine rings is 1. The molecule has 0 atom stereocenters. The average Bonchev–Trinajstić information content (AvgIpc) is 3.30. The SMILES string of the molecule is O/N=C1\CCc2cc(Nc3c(-c4cnccn4)oc4cnccc34)ccc21. The molecule has 0 amide bonds. The molecule has 0 fully saturated rings. The van der Waals surface area contributed by atoms with Crippen molar-refractivity contribution in [2.45, 2.75) is 12.8 Å². The number of benzene rings is 1. The molecule has 0 saturated heterocycles. The Morgan fingerprint density at radius 2 is 1.96 bits per heavy atom. The minimum absolute atomic E-state index is 0.615. The maximum absolute atomic E-state index is 9.11. The van der Waals surface area contributed by atoms with E-state index in [0.29, 0.717) is 17.0 Å². The lowest BCUT2D eigenvalue weighted by Gasteiger charge is -2.09. The Morgan fingerprint density at radius 3 is 2.81 bits per heavy atom. The van der Waals surface area contributed by atoms with E-state index in [4.69, 9.17) is 9.62 Å². The van der Waals surface area contributed by atoms with Crippen LogP contribution in [0.1, 0.15) is 17.5 Å². The third-order valence-electron chi connectivity index (χ3n) is 4.73. The lowest BCUT2D eigenvalue weighted by atomic mass is 10.1. The fourth-order valence-electron chi connectivity index (χ4n) is 3.47. The van der Waals surface area contributed by atoms with Crippen LogP contribution in [0.4, 0.5) is 11.4 Å². The normalized spacial score (nSPS) is 14.6. The molecule has 0 radical (unpaired) electrons. The third-order valence-corrected chi connectivity index (χ3v) is 4.73. The van der Waals surface area contributed by atoms with Gasteiger partial charge in [0, 0.05) is 35.2 Å². The zero-order valence-corrected chi connectivity index (χ0v) is 14.3. The number of hydrogen-bond donors (Lipinski definition) is 2. The molecule has 7 nitrogen and oxygen atoms in total. The Morgan fingerprint density at radius 1 is 1.04 bits per heavy atom. The number of aryl methyl sites for hydroxylation is 1. The highest BCUT2D eigenvalue weighted by molar-refractivity contribution is 6.05. The van der Waals surface area contributed by atoms with Crippen LogP contribution in [-0.4, -0.2) is 25.9 Å². The molecule has 3 heterocycles. The van der Waals surface area contributed by atoms with Crippen LogP contribution in [0.3, 0.4) is 0 Å². The molecule has 0 bridgehead atoms. The van der Waals surface area contributed by atoms with E-state index in [9.17, 15) is 0 Å². The van der Waals surface area contributed by atoms with Crippen LogP contribution < -0.4 is 5.32 Å². The fraction of sp³-hybridized carbons (Fsp3) is 0.100. The molecule has 3 aromatic heterocycles. The molecule has 27 heavy (non-hydrogen) atoms. The first-order valence-electron chi connectivity index (χ1n) is 8.57. The van der Waals surface area contributed by atoms with Gasteiger partial charge in [0.2, 0.25) is 0 Å². The van der Waals surface area contributed by atoms with Crippen molar-refractivity contribution in [3.63, 3.8) is 0 Å². The highest BCUT2D eigenvalue weighted by Gasteiger charge is 2.21. The Kier molecular flexibility index (Phi) is 3.57. The number of rotatable bonds is 3. The minimum atomic E-state index is 0.615. The first-order valence-corrected chi connectivity index (χ1v) is 8.57. The topological polar surface area (TPSA) is 96.4 Å². The molecule has 1 aliphatic rings. The monoisotopic (exact) mass is 357 g/mol. The maximum atomic E-state index is 9.11. The Labute approximate surface area is 154 Å². The van der Waals surface area contributed by atoms with Gasteiger partial charge in [0.25, 0.3) is 0 Å². The van der Waals surface area contributed by atoms with Gasteiger partial charge in [0.05, 0.1) is 23.8 Å². The van der Waals surface area contributed by atoms with Gasteiger partial charge in [-0.05, 0) is 36.6 Å². The second kappa shape index (κ2) is 6.21. The summed E-state index contributed by atoms with van der Waals surface area (Å²) in [6.07, 6.45) is 9.96. The number of nitrogens with zero attached hydrogens (tertiary/aromatic N) is 4. The van der Waals surface area contributed by atoms with Crippen molar-refractivity contribution in [2.75, 3.05) is 5.32 Å². The zero-order valence-electron chi connectivity index (χ0n) is 14.3. The summed E-state index contributed by atoms with van der Waals surface area (Å²) in [6.45, 7) is 0. The first-order chi connectivity index (χ1) is 13.3. The van der Waals surface area contributed by atoms with Crippen molar-refractivity contribution in [1.82, 2.24) is 15.0 Å². The van der Waals surface area contributed by atoms with Gasteiger partial charge < -0.3 is 14.9 Å². The second-order valence-corrected chi connectivity index (χ2v) is 6.31. The van der Waals surface area contributed by atoms with Crippen LogP contribution in [-0.2, 0) is 6.42 Å². The molecule has 132 valence electrons. The van der Waals surface area contributed by atoms with Crippen LogP contribution in [0.25, 0.3) is 22.4 Å². The molecule has 1 aliphatic carbocycles. The predicted octanol–water partition coefficient (Wildman–Crippen LogP) is 4.15. The van der Waals surface area contributed by atoms with Crippen molar-refractivity contribution in [3.05, 3.63) is 66.4 Å². The van der Waals surface area contributed by atoms with Gasteiger partial charge in [0.1, 0.15) is 5.69 Å². The molecule has 1 aromatic carbocycles. The lowest BCUT2D eigenvalue weighted by molar-refractivity contribution is 0.318. The van der Waals surface area contributed by atoms with Gasteiger partial charge in [-0.2, -0.15) is 0 Å².